The van der Waals surface area contributed by atoms with Gasteiger partial charge < -0.3 is 10.6 Å². The topological polar surface area (TPSA) is 78.5 Å². The Morgan fingerprint density at radius 2 is 1.52 bits per heavy atom. The fourth-order valence-electron chi connectivity index (χ4n) is 3.40. The first kappa shape index (κ1) is 22.2. The van der Waals surface area contributed by atoms with Crippen molar-refractivity contribution in [3.63, 3.8) is 0 Å². The quantitative estimate of drug-likeness (QED) is 0.519. The van der Waals surface area contributed by atoms with Crippen LogP contribution in [0.4, 0.5) is 25.8 Å². The number of hydrogen-bond acceptors (Lipinski definition) is 4. The Morgan fingerprint density at radius 3 is 2.12 bits per heavy atom. The summed E-state index contributed by atoms with van der Waals surface area (Å²) in [5, 5.41) is 5.98. The minimum atomic E-state index is -1.05. The van der Waals surface area contributed by atoms with Crippen LogP contribution in [0.2, 0.25) is 5.02 Å². The minimum Gasteiger partial charge on any atom is -0.350 e. The van der Waals surface area contributed by atoms with Crippen LogP contribution < -0.4 is 15.5 Å². The maximum atomic E-state index is 14.5. The van der Waals surface area contributed by atoms with E-state index < -0.39 is 23.4 Å². The minimum absolute atomic E-state index is 0.00586. The van der Waals surface area contributed by atoms with E-state index in [9.17, 15) is 23.2 Å². The molecule has 3 aromatic rings. The largest absolute Gasteiger partial charge is 0.350 e. The number of anilines is 3. The highest BCUT2D eigenvalue weighted by Crippen LogP contribution is 2.35. The van der Waals surface area contributed by atoms with Crippen LogP contribution in [0.25, 0.3) is 5.57 Å². The molecular weight excluding hydrogens is 452 g/mol. The number of rotatable bonds is 5. The van der Waals surface area contributed by atoms with Gasteiger partial charge in [-0.15, -0.1) is 0 Å². The second kappa shape index (κ2) is 8.84. The van der Waals surface area contributed by atoms with Crippen molar-refractivity contribution in [2.75, 3.05) is 15.5 Å². The van der Waals surface area contributed by atoms with Gasteiger partial charge in [-0.2, -0.15) is 0 Å². The molecule has 0 saturated carbocycles. The number of amides is 3. The maximum absolute atomic E-state index is 14.5. The van der Waals surface area contributed by atoms with E-state index in [0.717, 1.165) is 12.1 Å². The van der Waals surface area contributed by atoms with Gasteiger partial charge in [0.25, 0.3) is 11.8 Å². The molecule has 33 heavy (non-hydrogen) atoms. The lowest BCUT2D eigenvalue weighted by molar-refractivity contribution is -0.120. The first-order valence-electron chi connectivity index (χ1n) is 9.73. The molecule has 0 fully saturated rings. The Hall–Kier alpha value is -4.04. The maximum Gasteiger partial charge on any atom is 0.282 e. The molecule has 0 aromatic heterocycles. The lowest BCUT2D eigenvalue weighted by atomic mass is 10.0. The molecular formula is C24H16ClF2N3O3. The van der Waals surface area contributed by atoms with Crippen LogP contribution in [-0.4, -0.2) is 17.7 Å². The number of nitrogens with one attached hydrogen (secondary N) is 2. The fourth-order valence-corrected chi connectivity index (χ4v) is 3.52. The zero-order chi connectivity index (χ0) is 23.7. The standard InChI is InChI=1S/C24H16ClF2N3O3/c1-13(31)28-17-7-9-18(10-8-17)29-22-21(14-2-4-15(25)5-3-14)23(32)30(24(22)33)20-11-6-16(26)12-19(20)27/h2-12,29H,1H3,(H,28,31). The number of hydrogen-bond donors (Lipinski definition) is 2. The Bertz CT molecular complexity index is 1310. The summed E-state index contributed by atoms with van der Waals surface area (Å²) in [6.07, 6.45) is 0. The van der Waals surface area contributed by atoms with Gasteiger partial charge in [0.1, 0.15) is 17.3 Å². The van der Waals surface area contributed by atoms with E-state index >= 15 is 0 Å². The van der Waals surface area contributed by atoms with Crippen molar-refractivity contribution in [2.45, 2.75) is 6.92 Å². The monoisotopic (exact) mass is 467 g/mol. The van der Waals surface area contributed by atoms with Crippen molar-refractivity contribution in [1.82, 2.24) is 0 Å². The summed E-state index contributed by atoms with van der Waals surface area (Å²) in [5.74, 6) is -3.70. The van der Waals surface area contributed by atoms with Crippen LogP contribution >= 0.6 is 11.6 Å². The number of carbonyl (C=O) groups excluding carboxylic acids is 3. The van der Waals surface area contributed by atoms with Gasteiger partial charge in [-0.05, 0) is 54.1 Å². The fraction of sp³-hybridized carbons (Fsp3) is 0.0417. The van der Waals surface area contributed by atoms with Crippen molar-refractivity contribution in [3.8, 4) is 0 Å². The van der Waals surface area contributed by atoms with Crippen LogP contribution in [-0.2, 0) is 14.4 Å². The molecule has 0 bridgehead atoms. The van der Waals surface area contributed by atoms with Gasteiger partial charge in [0.2, 0.25) is 5.91 Å². The predicted octanol–water partition coefficient (Wildman–Crippen LogP) is 4.97. The first-order valence-corrected chi connectivity index (χ1v) is 10.1. The van der Waals surface area contributed by atoms with Crippen LogP contribution in [0.15, 0.2) is 72.4 Å². The number of imide groups is 1. The summed E-state index contributed by atoms with van der Waals surface area (Å²) in [5.41, 5.74) is 0.942. The molecule has 1 aliphatic heterocycles. The molecule has 3 amide bonds. The number of halogens is 3. The Kier molecular flexibility index (Phi) is 5.93. The van der Waals surface area contributed by atoms with Crippen LogP contribution in [0.5, 0.6) is 0 Å². The molecule has 0 spiro atoms. The van der Waals surface area contributed by atoms with Gasteiger partial charge in [0.15, 0.2) is 0 Å². The Morgan fingerprint density at radius 1 is 0.879 bits per heavy atom. The highest BCUT2D eigenvalue weighted by atomic mass is 35.5. The summed E-state index contributed by atoms with van der Waals surface area (Å²) in [7, 11) is 0. The van der Waals surface area contributed by atoms with Crippen molar-refractivity contribution in [3.05, 3.63) is 94.6 Å². The highest BCUT2D eigenvalue weighted by molar-refractivity contribution is 6.46. The molecule has 0 unspecified atom stereocenters. The normalized spacial score (nSPS) is 13.5. The highest BCUT2D eigenvalue weighted by Gasteiger charge is 2.41. The number of benzene rings is 3. The summed E-state index contributed by atoms with van der Waals surface area (Å²) in [4.78, 5) is 38.4. The van der Waals surface area contributed by atoms with Crippen LogP contribution in [0, 0.1) is 11.6 Å². The molecule has 6 nitrogen and oxygen atoms in total. The number of nitrogens with zero attached hydrogens (tertiary/aromatic N) is 1. The van der Waals surface area contributed by atoms with Gasteiger partial charge >= 0.3 is 0 Å². The lowest BCUT2D eigenvalue weighted by Crippen LogP contribution is -2.33. The van der Waals surface area contributed by atoms with Gasteiger partial charge in [0.05, 0.1) is 11.3 Å². The second-order valence-corrected chi connectivity index (χ2v) is 7.62. The second-order valence-electron chi connectivity index (χ2n) is 7.18. The average Bonchev–Trinajstić information content (AvgIpc) is 3.00. The van der Waals surface area contributed by atoms with E-state index in [1.165, 1.54) is 6.92 Å². The summed E-state index contributed by atoms with van der Waals surface area (Å²) >= 11 is 5.95. The van der Waals surface area contributed by atoms with Crippen molar-refractivity contribution < 1.29 is 23.2 Å². The Balaban J connectivity index is 1.76. The van der Waals surface area contributed by atoms with Gasteiger partial charge in [0, 0.05) is 29.4 Å². The molecule has 0 aliphatic carbocycles. The molecule has 1 aliphatic rings. The van der Waals surface area contributed by atoms with Gasteiger partial charge in [-0.3, -0.25) is 14.4 Å². The van der Waals surface area contributed by atoms with Gasteiger partial charge in [-0.1, -0.05) is 23.7 Å². The summed E-state index contributed by atoms with van der Waals surface area (Å²) in [6, 6.07) is 15.3. The van der Waals surface area contributed by atoms with E-state index in [-0.39, 0.29) is 22.9 Å². The lowest BCUT2D eigenvalue weighted by Gasteiger charge is -2.16. The van der Waals surface area contributed by atoms with E-state index in [4.69, 9.17) is 11.6 Å². The summed E-state index contributed by atoms with van der Waals surface area (Å²) in [6.45, 7) is 1.38. The molecule has 3 aromatic carbocycles. The van der Waals surface area contributed by atoms with E-state index in [0.29, 0.717) is 32.9 Å². The van der Waals surface area contributed by atoms with Crippen LogP contribution in [0.1, 0.15) is 12.5 Å². The summed E-state index contributed by atoms with van der Waals surface area (Å²) < 4.78 is 27.9. The smallest absolute Gasteiger partial charge is 0.282 e. The molecule has 1 heterocycles. The molecule has 0 atom stereocenters. The molecule has 2 N–H and O–H groups in total. The molecule has 0 saturated heterocycles. The van der Waals surface area contributed by atoms with Gasteiger partial charge in [-0.25, -0.2) is 13.7 Å². The third kappa shape index (κ3) is 4.47. The van der Waals surface area contributed by atoms with E-state index in [2.05, 4.69) is 10.6 Å². The third-order valence-corrected chi connectivity index (χ3v) is 5.09. The molecule has 166 valence electrons. The molecule has 4 rings (SSSR count). The van der Waals surface area contributed by atoms with Crippen molar-refractivity contribution in [1.29, 1.82) is 0 Å². The van der Waals surface area contributed by atoms with Crippen LogP contribution in [0.3, 0.4) is 0 Å². The molecule has 9 heteroatoms. The zero-order valence-corrected chi connectivity index (χ0v) is 17.9. The van der Waals surface area contributed by atoms with Crippen molar-refractivity contribution in [2.24, 2.45) is 0 Å². The van der Waals surface area contributed by atoms with E-state index in [1.807, 2.05) is 0 Å². The Labute approximate surface area is 192 Å². The first-order chi connectivity index (χ1) is 15.7. The number of carbonyl (C=O) groups is 3. The SMILES string of the molecule is CC(=O)Nc1ccc(NC2=C(c3ccc(Cl)cc3)C(=O)N(c3ccc(F)cc3F)C2=O)cc1. The van der Waals surface area contributed by atoms with E-state index in [1.54, 1.807) is 48.5 Å². The average molecular weight is 468 g/mol. The third-order valence-electron chi connectivity index (χ3n) is 4.84. The van der Waals surface area contributed by atoms with Crippen molar-refractivity contribution >= 4 is 52.0 Å². The molecule has 0 radical (unpaired) electrons. The predicted molar refractivity (Wildman–Crippen MR) is 122 cm³/mol. The zero-order valence-electron chi connectivity index (χ0n) is 17.2.